The topological polar surface area (TPSA) is 54.8 Å². The van der Waals surface area contributed by atoms with Crippen LogP contribution < -0.4 is 4.74 Å². The van der Waals surface area contributed by atoms with Gasteiger partial charge < -0.3 is 19.1 Å². The van der Waals surface area contributed by atoms with Crippen LogP contribution in [0.2, 0.25) is 0 Å². The highest BCUT2D eigenvalue weighted by atomic mass is 19.1. The maximum atomic E-state index is 14.9. The molecule has 2 amide bonds. The molecule has 0 spiro atoms. The molecule has 176 valence electrons. The zero-order valence-corrected chi connectivity index (χ0v) is 19.5. The van der Waals surface area contributed by atoms with Crippen LogP contribution in [0.25, 0.3) is 16.9 Å². The summed E-state index contributed by atoms with van der Waals surface area (Å²) in [5, 5.41) is 0. The SMILES string of the molecule is COc1ccc(-c2cc(C(=O)N3CCN(C(=O)C4CC4)CC3)c(C)n2-c2ccccc2F)cc1. The highest BCUT2D eigenvalue weighted by molar-refractivity contribution is 5.97. The number of hydrogen-bond acceptors (Lipinski definition) is 3. The summed E-state index contributed by atoms with van der Waals surface area (Å²) in [7, 11) is 1.61. The molecule has 1 saturated heterocycles. The van der Waals surface area contributed by atoms with Gasteiger partial charge in [0.25, 0.3) is 5.91 Å². The normalized spacial score (nSPS) is 16.0. The van der Waals surface area contributed by atoms with Gasteiger partial charge in [0.05, 0.1) is 24.1 Å². The van der Waals surface area contributed by atoms with Crippen molar-refractivity contribution in [3.63, 3.8) is 0 Å². The minimum absolute atomic E-state index is 0.0964. The van der Waals surface area contributed by atoms with Crippen molar-refractivity contribution in [2.24, 2.45) is 5.92 Å². The van der Waals surface area contributed by atoms with Crippen LogP contribution in [0, 0.1) is 18.7 Å². The number of hydrogen-bond donors (Lipinski definition) is 0. The number of rotatable bonds is 5. The van der Waals surface area contributed by atoms with Gasteiger partial charge in [-0.1, -0.05) is 12.1 Å². The highest BCUT2D eigenvalue weighted by Gasteiger charge is 2.35. The Hall–Kier alpha value is -3.61. The predicted molar refractivity (Wildman–Crippen MR) is 128 cm³/mol. The first kappa shape index (κ1) is 22.2. The van der Waals surface area contributed by atoms with Crippen molar-refractivity contribution in [2.75, 3.05) is 33.3 Å². The summed E-state index contributed by atoms with van der Waals surface area (Å²) in [4.78, 5) is 29.6. The number of piperazine rings is 1. The maximum Gasteiger partial charge on any atom is 0.255 e. The molecule has 0 unspecified atom stereocenters. The van der Waals surface area contributed by atoms with Gasteiger partial charge in [0, 0.05) is 37.8 Å². The lowest BCUT2D eigenvalue weighted by molar-refractivity contribution is -0.134. The van der Waals surface area contributed by atoms with Gasteiger partial charge in [0.15, 0.2) is 0 Å². The van der Waals surface area contributed by atoms with E-state index in [2.05, 4.69) is 0 Å². The molecular formula is C27H28FN3O3. The van der Waals surface area contributed by atoms with Gasteiger partial charge >= 0.3 is 0 Å². The number of aromatic nitrogens is 1. The van der Waals surface area contributed by atoms with E-state index in [0.717, 1.165) is 29.8 Å². The fourth-order valence-electron chi connectivity index (χ4n) is 4.63. The molecule has 34 heavy (non-hydrogen) atoms. The number of ether oxygens (including phenoxy) is 1. The molecule has 1 aliphatic heterocycles. The van der Waals surface area contributed by atoms with E-state index in [9.17, 15) is 14.0 Å². The molecule has 0 atom stereocenters. The molecule has 5 rings (SSSR count). The molecule has 7 heteroatoms. The van der Waals surface area contributed by atoms with E-state index in [4.69, 9.17) is 4.74 Å². The van der Waals surface area contributed by atoms with Crippen LogP contribution in [0.5, 0.6) is 5.75 Å². The van der Waals surface area contributed by atoms with Gasteiger partial charge in [0.2, 0.25) is 5.91 Å². The second-order valence-corrected chi connectivity index (χ2v) is 8.94. The fourth-order valence-corrected chi connectivity index (χ4v) is 4.63. The van der Waals surface area contributed by atoms with Crippen molar-refractivity contribution >= 4 is 11.8 Å². The lowest BCUT2D eigenvalue weighted by Crippen LogP contribution is -2.51. The first-order valence-corrected chi connectivity index (χ1v) is 11.7. The van der Waals surface area contributed by atoms with Gasteiger partial charge in [-0.2, -0.15) is 0 Å². The number of halogens is 1. The Balaban J connectivity index is 1.48. The Bertz CT molecular complexity index is 1220. The smallest absolute Gasteiger partial charge is 0.255 e. The van der Waals surface area contributed by atoms with Crippen molar-refractivity contribution in [1.29, 1.82) is 0 Å². The Morgan fingerprint density at radius 2 is 1.59 bits per heavy atom. The van der Waals surface area contributed by atoms with Crippen LogP contribution >= 0.6 is 0 Å². The Labute approximate surface area is 198 Å². The first-order chi connectivity index (χ1) is 16.5. The summed E-state index contributed by atoms with van der Waals surface area (Å²) in [6, 6.07) is 15.9. The number of amides is 2. The largest absolute Gasteiger partial charge is 0.497 e. The zero-order chi connectivity index (χ0) is 23.8. The first-order valence-electron chi connectivity index (χ1n) is 11.7. The van der Waals surface area contributed by atoms with Crippen molar-refractivity contribution in [2.45, 2.75) is 19.8 Å². The number of methoxy groups -OCH3 is 1. The quantitative estimate of drug-likeness (QED) is 0.570. The van der Waals surface area contributed by atoms with E-state index >= 15 is 0 Å². The second-order valence-electron chi connectivity index (χ2n) is 8.94. The van der Waals surface area contributed by atoms with E-state index in [1.165, 1.54) is 6.07 Å². The third kappa shape index (κ3) is 4.06. The van der Waals surface area contributed by atoms with Crippen LogP contribution in [0.1, 0.15) is 28.9 Å². The molecular weight excluding hydrogens is 433 g/mol. The van der Waals surface area contributed by atoms with Crippen LogP contribution in [-0.4, -0.2) is 59.5 Å². The summed E-state index contributed by atoms with van der Waals surface area (Å²) in [5.41, 5.74) is 3.19. The molecule has 0 N–H and O–H groups in total. The molecule has 2 aromatic carbocycles. The van der Waals surface area contributed by atoms with E-state index < -0.39 is 0 Å². The highest BCUT2D eigenvalue weighted by Crippen LogP contribution is 2.33. The molecule has 1 aliphatic carbocycles. The molecule has 3 aromatic rings. The van der Waals surface area contributed by atoms with Crippen LogP contribution in [-0.2, 0) is 4.79 Å². The van der Waals surface area contributed by atoms with E-state index in [1.807, 2.05) is 42.2 Å². The van der Waals surface area contributed by atoms with Crippen LogP contribution in [0.15, 0.2) is 54.6 Å². The monoisotopic (exact) mass is 461 g/mol. The maximum absolute atomic E-state index is 14.9. The average molecular weight is 462 g/mol. The summed E-state index contributed by atoms with van der Waals surface area (Å²) in [6.07, 6.45) is 1.96. The van der Waals surface area contributed by atoms with E-state index in [1.54, 1.807) is 34.8 Å². The van der Waals surface area contributed by atoms with Gasteiger partial charge in [-0.05, 0) is 67.8 Å². The summed E-state index contributed by atoms with van der Waals surface area (Å²) >= 11 is 0. The Morgan fingerprint density at radius 1 is 0.941 bits per heavy atom. The number of carbonyl (C=O) groups is 2. The molecule has 0 radical (unpaired) electrons. The van der Waals surface area contributed by atoms with Gasteiger partial charge in [-0.3, -0.25) is 9.59 Å². The summed E-state index contributed by atoms with van der Waals surface area (Å²) < 4.78 is 21.9. The van der Waals surface area contributed by atoms with Gasteiger partial charge in [-0.15, -0.1) is 0 Å². The molecule has 1 saturated carbocycles. The molecule has 2 aliphatic rings. The van der Waals surface area contributed by atoms with Crippen molar-refractivity contribution in [3.05, 3.63) is 71.7 Å². The third-order valence-electron chi connectivity index (χ3n) is 6.76. The molecule has 6 nitrogen and oxygen atoms in total. The Kier molecular flexibility index (Phi) is 5.86. The molecule has 0 bridgehead atoms. The minimum Gasteiger partial charge on any atom is -0.497 e. The van der Waals surface area contributed by atoms with Crippen molar-refractivity contribution in [3.8, 4) is 22.7 Å². The average Bonchev–Trinajstić information content (AvgIpc) is 3.67. The van der Waals surface area contributed by atoms with Crippen LogP contribution in [0.4, 0.5) is 4.39 Å². The number of para-hydroxylation sites is 1. The lowest BCUT2D eigenvalue weighted by atomic mass is 10.1. The van der Waals surface area contributed by atoms with Crippen molar-refractivity contribution in [1.82, 2.24) is 14.4 Å². The number of carbonyl (C=O) groups excluding carboxylic acids is 2. The lowest BCUT2D eigenvalue weighted by Gasteiger charge is -2.35. The van der Waals surface area contributed by atoms with Crippen molar-refractivity contribution < 1.29 is 18.7 Å². The molecule has 2 fully saturated rings. The Morgan fingerprint density at radius 3 is 2.21 bits per heavy atom. The summed E-state index contributed by atoms with van der Waals surface area (Å²) in [6.45, 7) is 3.96. The van der Waals surface area contributed by atoms with Gasteiger partial charge in [-0.25, -0.2) is 4.39 Å². The fraction of sp³-hybridized carbons (Fsp3) is 0.333. The molecule has 2 heterocycles. The number of benzene rings is 2. The predicted octanol–water partition coefficient (Wildman–Crippen LogP) is 4.29. The van der Waals surface area contributed by atoms with Gasteiger partial charge in [0.1, 0.15) is 11.6 Å². The third-order valence-corrected chi connectivity index (χ3v) is 6.76. The van der Waals surface area contributed by atoms with E-state index in [-0.39, 0.29) is 23.5 Å². The number of nitrogens with zero attached hydrogens (tertiary/aromatic N) is 3. The van der Waals surface area contributed by atoms with Crippen LogP contribution in [0.3, 0.4) is 0 Å². The molecule has 1 aromatic heterocycles. The zero-order valence-electron chi connectivity index (χ0n) is 19.5. The second kappa shape index (κ2) is 8.97. The summed E-state index contributed by atoms with van der Waals surface area (Å²) in [5.74, 6) is 0.671. The minimum atomic E-state index is -0.359. The van der Waals surface area contributed by atoms with E-state index in [0.29, 0.717) is 43.1 Å². The standard InChI is InChI=1S/C27H28FN3O3/c1-18-22(27(33)30-15-13-29(14-16-30)26(32)20-7-8-20)17-25(19-9-11-21(34-2)12-10-19)31(18)24-6-4-3-5-23(24)28/h3-6,9-12,17,20H,7-8,13-16H2,1-2H3.